The summed E-state index contributed by atoms with van der Waals surface area (Å²) in [5.74, 6) is 0.596. The van der Waals surface area contributed by atoms with E-state index in [1.807, 2.05) is 16.7 Å². The fraction of sp³-hybridized carbons (Fsp3) is 0.385. The zero-order chi connectivity index (χ0) is 13.9. The number of carbonyl (C=O) groups is 1. The number of aliphatic carboxylic acids is 1. The summed E-state index contributed by atoms with van der Waals surface area (Å²) in [4.78, 5) is 14.7. The Kier molecular flexibility index (Phi) is 3.68. The van der Waals surface area contributed by atoms with Crippen LogP contribution in [0.2, 0.25) is 0 Å². The van der Waals surface area contributed by atoms with Crippen molar-refractivity contribution in [1.29, 1.82) is 0 Å². The number of pyridine rings is 1. The highest BCUT2D eigenvalue weighted by molar-refractivity contribution is 7.99. The lowest BCUT2D eigenvalue weighted by Gasteiger charge is -2.09. The second-order valence-corrected chi connectivity index (χ2v) is 5.68. The van der Waals surface area contributed by atoms with E-state index in [-0.39, 0.29) is 5.75 Å². The lowest BCUT2D eigenvalue weighted by molar-refractivity contribution is -0.133. The summed E-state index contributed by atoms with van der Waals surface area (Å²) < 4.78 is 2.03. The molecule has 2 heterocycles. The lowest BCUT2D eigenvalue weighted by Crippen LogP contribution is -2.07. The average molecular weight is 290 g/mol. The van der Waals surface area contributed by atoms with E-state index in [4.69, 9.17) is 5.11 Å². The third-order valence-corrected chi connectivity index (χ3v) is 4.05. The van der Waals surface area contributed by atoms with Gasteiger partial charge in [0.1, 0.15) is 5.82 Å². The number of hydrogen-bond acceptors (Lipinski definition) is 5. The van der Waals surface area contributed by atoms with Crippen LogP contribution in [0.1, 0.15) is 30.1 Å². The third kappa shape index (κ3) is 2.98. The van der Waals surface area contributed by atoms with E-state index in [0.29, 0.717) is 17.6 Å². The van der Waals surface area contributed by atoms with Crippen LogP contribution in [0.25, 0.3) is 0 Å². The molecule has 0 atom stereocenters. The van der Waals surface area contributed by atoms with Gasteiger partial charge in [-0.15, -0.1) is 10.2 Å². The van der Waals surface area contributed by atoms with Gasteiger partial charge in [0.2, 0.25) is 0 Å². The molecular weight excluding hydrogens is 276 g/mol. The molecule has 0 radical (unpaired) electrons. The maximum absolute atomic E-state index is 10.7. The predicted molar refractivity (Wildman–Crippen MR) is 73.7 cm³/mol. The molecule has 0 spiro atoms. The summed E-state index contributed by atoms with van der Waals surface area (Å²) in [6.07, 6.45) is 5.78. The highest BCUT2D eigenvalue weighted by Gasteiger charge is 2.30. The van der Waals surface area contributed by atoms with Gasteiger partial charge < -0.3 is 9.67 Å². The van der Waals surface area contributed by atoms with E-state index in [1.165, 1.54) is 11.8 Å². The number of nitrogens with zero attached hydrogens (tertiary/aromatic N) is 4. The van der Waals surface area contributed by atoms with Crippen molar-refractivity contribution in [3.8, 4) is 0 Å². The molecule has 6 nitrogen and oxygen atoms in total. The smallest absolute Gasteiger partial charge is 0.313 e. The molecule has 0 saturated heterocycles. The van der Waals surface area contributed by atoms with Crippen LogP contribution in [0.4, 0.5) is 0 Å². The Hall–Kier alpha value is -1.89. The molecule has 0 aliphatic heterocycles. The molecule has 0 aromatic carbocycles. The zero-order valence-electron chi connectivity index (χ0n) is 10.8. The minimum atomic E-state index is -0.846. The summed E-state index contributed by atoms with van der Waals surface area (Å²) in [7, 11) is 0. The molecule has 104 valence electrons. The number of carboxylic acids is 1. The van der Waals surface area contributed by atoms with Crippen LogP contribution >= 0.6 is 11.8 Å². The Balaban J connectivity index is 1.85. The Morgan fingerprint density at radius 1 is 1.35 bits per heavy atom. The Labute approximate surface area is 120 Å². The van der Waals surface area contributed by atoms with Crippen LogP contribution in [0.5, 0.6) is 0 Å². The van der Waals surface area contributed by atoms with Crippen molar-refractivity contribution in [2.75, 3.05) is 5.75 Å². The maximum atomic E-state index is 10.7. The molecule has 0 amide bonds. The lowest BCUT2D eigenvalue weighted by atomic mass is 10.2. The minimum Gasteiger partial charge on any atom is -0.481 e. The first kappa shape index (κ1) is 13.1. The van der Waals surface area contributed by atoms with Gasteiger partial charge in [-0.2, -0.15) is 0 Å². The Morgan fingerprint density at radius 2 is 2.10 bits per heavy atom. The standard InChI is InChI=1S/C13H14N4O2S/c18-11(19)8-20-13-16-15-12(10-1-2-10)17(13)7-9-3-5-14-6-4-9/h3-6,10H,1-2,7-8H2,(H,18,19). The normalized spacial score (nSPS) is 14.4. The minimum absolute atomic E-state index is 0.000848. The van der Waals surface area contributed by atoms with Gasteiger partial charge in [-0.05, 0) is 30.5 Å². The van der Waals surface area contributed by atoms with Crippen LogP contribution in [0, 0.1) is 0 Å². The molecule has 1 aliphatic rings. The molecule has 7 heteroatoms. The number of rotatable bonds is 6. The number of carboxylic acid groups (broad SMARTS) is 1. The molecule has 1 aliphatic carbocycles. The van der Waals surface area contributed by atoms with E-state index < -0.39 is 5.97 Å². The number of thioether (sulfide) groups is 1. The fourth-order valence-corrected chi connectivity index (χ4v) is 2.66. The molecule has 20 heavy (non-hydrogen) atoms. The first-order valence-electron chi connectivity index (χ1n) is 6.40. The summed E-state index contributed by atoms with van der Waals surface area (Å²) in [5.41, 5.74) is 1.11. The van der Waals surface area contributed by atoms with E-state index >= 15 is 0 Å². The SMILES string of the molecule is O=C(O)CSc1nnc(C2CC2)n1Cc1ccncc1. The highest BCUT2D eigenvalue weighted by Crippen LogP contribution is 2.40. The van der Waals surface area contributed by atoms with Gasteiger partial charge in [0.15, 0.2) is 5.16 Å². The van der Waals surface area contributed by atoms with Gasteiger partial charge in [0.25, 0.3) is 0 Å². The monoisotopic (exact) mass is 290 g/mol. The summed E-state index contributed by atoms with van der Waals surface area (Å²) in [6.45, 7) is 0.656. The molecule has 2 aromatic rings. The fourth-order valence-electron chi connectivity index (χ4n) is 2.00. The van der Waals surface area contributed by atoms with Gasteiger partial charge in [-0.1, -0.05) is 11.8 Å². The van der Waals surface area contributed by atoms with Crippen molar-refractivity contribution in [3.05, 3.63) is 35.9 Å². The molecule has 2 aromatic heterocycles. The van der Waals surface area contributed by atoms with Crippen LogP contribution in [-0.4, -0.2) is 36.6 Å². The quantitative estimate of drug-likeness (QED) is 0.817. The molecule has 1 saturated carbocycles. The summed E-state index contributed by atoms with van der Waals surface area (Å²) in [5, 5.41) is 17.8. The average Bonchev–Trinajstić information content (AvgIpc) is 3.21. The van der Waals surface area contributed by atoms with Crippen molar-refractivity contribution < 1.29 is 9.90 Å². The molecular formula is C13H14N4O2S. The first-order chi connectivity index (χ1) is 9.74. The van der Waals surface area contributed by atoms with Crippen molar-refractivity contribution in [3.63, 3.8) is 0 Å². The van der Waals surface area contributed by atoms with Crippen LogP contribution in [-0.2, 0) is 11.3 Å². The highest BCUT2D eigenvalue weighted by atomic mass is 32.2. The Morgan fingerprint density at radius 3 is 2.75 bits per heavy atom. The van der Waals surface area contributed by atoms with Gasteiger partial charge in [0.05, 0.1) is 12.3 Å². The number of hydrogen-bond donors (Lipinski definition) is 1. The number of aromatic nitrogens is 4. The second-order valence-electron chi connectivity index (χ2n) is 4.74. The molecule has 1 fully saturated rings. The maximum Gasteiger partial charge on any atom is 0.313 e. The summed E-state index contributed by atoms with van der Waals surface area (Å²) in [6, 6.07) is 3.89. The van der Waals surface area contributed by atoms with E-state index in [9.17, 15) is 4.79 Å². The molecule has 0 unspecified atom stereocenters. The first-order valence-corrected chi connectivity index (χ1v) is 7.39. The van der Waals surface area contributed by atoms with Gasteiger partial charge in [0, 0.05) is 18.3 Å². The van der Waals surface area contributed by atoms with E-state index in [2.05, 4.69) is 15.2 Å². The van der Waals surface area contributed by atoms with Crippen molar-refractivity contribution in [2.45, 2.75) is 30.5 Å². The predicted octanol–water partition coefficient (Wildman–Crippen LogP) is 1.78. The Bertz CT molecular complexity index is 610. The van der Waals surface area contributed by atoms with Gasteiger partial charge >= 0.3 is 5.97 Å². The van der Waals surface area contributed by atoms with Gasteiger partial charge in [-0.3, -0.25) is 9.78 Å². The van der Waals surface area contributed by atoms with Crippen LogP contribution < -0.4 is 0 Å². The zero-order valence-corrected chi connectivity index (χ0v) is 11.6. The molecule has 0 bridgehead atoms. The van der Waals surface area contributed by atoms with E-state index in [1.54, 1.807) is 12.4 Å². The largest absolute Gasteiger partial charge is 0.481 e. The van der Waals surface area contributed by atoms with Crippen LogP contribution in [0.15, 0.2) is 29.7 Å². The van der Waals surface area contributed by atoms with Gasteiger partial charge in [-0.25, -0.2) is 0 Å². The third-order valence-electron chi connectivity index (χ3n) is 3.10. The topological polar surface area (TPSA) is 80.9 Å². The molecule has 3 rings (SSSR count). The second kappa shape index (κ2) is 5.62. The van der Waals surface area contributed by atoms with Crippen molar-refractivity contribution in [1.82, 2.24) is 19.7 Å². The van der Waals surface area contributed by atoms with Crippen molar-refractivity contribution >= 4 is 17.7 Å². The van der Waals surface area contributed by atoms with E-state index in [0.717, 1.165) is 24.2 Å². The molecule has 1 N–H and O–H groups in total. The summed E-state index contributed by atoms with van der Waals surface area (Å²) >= 11 is 1.21. The van der Waals surface area contributed by atoms with Crippen molar-refractivity contribution in [2.24, 2.45) is 0 Å². The van der Waals surface area contributed by atoms with Crippen LogP contribution in [0.3, 0.4) is 0 Å².